The van der Waals surface area contributed by atoms with Gasteiger partial charge in [-0.3, -0.25) is 0 Å². The third-order valence-electron chi connectivity index (χ3n) is 4.45. The molecule has 0 saturated carbocycles. The molecule has 4 aromatic carbocycles. The number of nitrogens with zero attached hydrogens (tertiary/aromatic N) is 1. The maximum atomic E-state index is 2.27. The Morgan fingerprint density at radius 3 is 1.00 bits per heavy atom. The molecule has 0 saturated heterocycles. The Kier molecular flexibility index (Phi) is 18.8. The average Bonchev–Trinajstić information content (AvgIpc) is 2.99. The lowest BCUT2D eigenvalue weighted by molar-refractivity contribution is 1.28. The van der Waals surface area contributed by atoms with Crippen molar-refractivity contribution in [2.45, 2.75) is 55.4 Å². The summed E-state index contributed by atoms with van der Waals surface area (Å²) in [5, 5.41) is 0. The summed E-state index contributed by atoms with van der Waals surface area (Å²) in [4.78, 5) is 2.27. The molecule has 4 rings (SSSR count). The molecule has 0 fully saturated rings. The molecular formula is C34H45N. The molecule has 0 aromatic heterocycles. The van der Waals surface area contributed by atoms with Gasteiger partial charge in [0.1, 0.15) is 0 Å². The fraction of sp³-hybridized carbons (Fsp3) is 0.235. The van der Waals surface area contributed by atoms with E-state index in [1.54, 1.807) is 0 Å². The Morgan fingerprint density at radius 1 is 0.343 bits per heavy atom. The SMILES string of the molecule is C(=Cc1ccc(N(c2ccccc2)c2ccccc2)cc1)c1ccccc1.CC.CC.CC.CC. The van der Waals surface area contributed by atoms with E-state index in [0.29, 0.717) is 0 Å². The zero-order valence-corrected chi connectivity index (χ0v) is 23.1. The molecule has 0 amide bonds. The van der Waals surface area contributed by atoms with E-state index >= 15 is 0 Å². The van der Waals surface area contributed by atoms with Crippen molar-refractivity contribution in [3.05, 3.63) is 126 Å². The average molecular weight is 468 g/mol. The van der Waals surface area contributed by atoms with E-state index in [9.17, 15) is 0 Å². The van der Waals surface area contributed by atoms with E-state index in [2.05, 4.69) is 114 Å². The zero-order valence-electron chi connectivity index (χ0n) is 23.1. The van der Waals surface area contributed by atoms with Crippen molar-refractivity contribution in [1.82, 2.24) is 0 Å². The summed E-state index contributed by atoms with van der Waals surface area (Å²) < 4.78 is 0. The molecule has 0 aliphatic carbocycles. The largest absolute Gasteiger partial charge is 0.311 e. The van der Waals surface area contributed by atoms with Crippen molar-refractivity contribution < 1.29 is 0 Å². The second-order valence-corrected chi connectivity index (χ2v) is 6.34. The first-order chi connectivity index (χ1) is 17.4. The molecule has 1 nitrogen and oxygen atoms in total. The Morgan fingerprint density at radius 2 is 0.629 bits per heavy atom. The van der Waals surface area contributed by atoms with Crippen molar-refractivity contribution in [1.29, 1.82) is 0 Å². The molecule has 0 aliphatic rings. The Balaban J connectivity index is 0.00000132. The van der Waals surface area contributed by atoms with Gasteiger partial charge >= 0.3 is 0 Å². The highest BCUT2D eigenvalue weighted by molar-refractivity contribution is 5.78. The van der Waals surface area contributed by atoms with E-state index in [4.69, 9.17) is 0 Å². The van der Waals surface area contributed by atoms with Crippen molar-refractivity contribution in [2.75, 3.05) is 4.90 Å². The van der Waals surface area contributed by atoms with Gasteiger partial charge in [-0.2, -0.15) is 0 Å². The Bertz CT molecular complexity index is 949. The van der Waals surface area contributed by atoms with Crippen LogP contribution in [-0.4, -0.2) is 0 Å². The van der Waals surface area contributed by atoms with E-state index < -0.39 is 0 Å². The minimum atomic E-state index is 1.14. The van der Waals surface area contributed by atoms with Gasteiger partial charge in [-0.25, -0.2) is 0 Å². The number of benzene rings is 4. The second-order valence-electron chi connectivity index (χ2n) is 6.34. The van der Waals surface area contributed by atoms with Crippen LogP contribution >= 0.6 is 0 Å². The van der Waals surface area contributed by atoms with E-state index in [1.165, 1.54) is 11.1 Å². The first kappa shape index (κ1) is 31.4. The number of hydrogen-bond donors (Lipinski definition) is 0. The third-order valence-corrected chi connectivity index (χ3v) is 4.45. The maximum Gasteiger partial charge on any atom is 0.0462 e. The summed E-state index contributed by atoms with van der Waals surface area (Å²) in [6.45, 7) is 16.0. The smallest absolute Gasteiger partial charge is 0.0462 e. The molecule has 4 aromatic rings. The first-order valence-electron chi connectivity index (χ1n) is 13.1. The van der Waals surface area contributed by atoms with Crippen LogP contribution in [0.2, 0.25) is 0 Å². The van der Waals surface area contributed by atoms with Gasteiger partial charge in [0, 0.05) is 17.1 Å². The molecule has 0 aliphatic heterocycles. The second kappa shape index (κ2) is 21.0. The molecule has 0 bridgehead atoms. The van der Waals surface area contributed by atoms with Gasteiger partial charge in [0.25, 0.3) is 0 Å². The molecule has 0 heterocycles. The zero-order chi connectivity index (χ0) is 26.3. The van der Waals surface area contributed by atoms with Crippen LogP contribution in [0.3, 0.4) is 0 Å². The van der Waals surface area contributed by atoms with Gasteiger partial charge in [-0.1, -0.05) is 146 Å². The summed E-state index contributed by atoms with van der Waals surface area (Å²) in [6, 6.07) is 39.9. The topological polar surface area (TPSA) is 3.24 Å². The Labute approximate surface area is 215 Å². The standard InChI is InChI=1S/C26H21N.4C2H6/c1-4-10-22(11-5-1)16-17-23-18-20-26(21-19-23)27(24-12-6-2-7-13-24)25-14-8-3-9-15-25;4*1-2/h1-21H;4*1-2H3. The predicted molar refractivity (Wildman–Crippen MR) is 162 cm³/mol. The van der Waals surface area contributed by atoms with Gasteiger partial charge in [0.2, 0.25) is 0 Å². The van der Waals surface area contributed by atoms with Gasteiger partial charge < -0.3 is 4.90 Å². The molecule has 186 valence electrons. The van der Waals surface area contributed by atoms with E-state index in [1.807, 2.05) is 73.6 Å². The monoisotopic (exact) mass is 467 g/mol. The highest BCUT2D eigenvalue weighted by atomic mass is 15.1. The van der Waals surface area contributed by atoms with Crippen LogP contribution in [0.25, 0.3) is 12.2 Å². The highest BCUT2D eigenvalue weighted by Crippen LogP contribution is 2.34. The van der Waals surface area contributed by atoms with Crippen LogP contribution in [-0.2, 0) is 0 Å². The van der Waals surface area contributed by atoms with Crippen molar-refractivity contribution in [3.8, 4) is 0 Å². The maximum absolute atomic E-state index is 2.27. The third kappa shape index (κ3) is 10.9. The van der Waals surface area contributed by atoms with Gasteiger partial charge in [-0.15, -0.1) is 0 Å². The molecule has 1 heteroatoms. The molecule has 0 atom stereocenters. The van der Waals surface area contributed by atoms with Crippen LogP contribution < -0.4 is 4.90 Å². The molecule has 0 unspecified atom stereocenters. The summed E-state index contributed by atoms with van der Waals surface area (Å²) in [5.41, 5.74) is 5.83. The van der Waals surface area contributed by atoms with Crippen LogP contribution in [0.15, 0.2) is 115 Å². The van der Waals surface area contributed by atoms with Gasteiger partial charge in [-0.05, 0) is 47.5 Å². The van der Waals surface area contributed by atoms with E-state index in [-0.39, 0.29) is 0 Å². The lowest BCUT2D eigenvalue weighted by atomic mass is 10.1. The molecule has 0 spiro atoms. The fourth-order valence-electron chi connectivity index (χ4n) is 3.09. The van der Waals surface area contributed by atoms with Gasteiger partial charge in [0.15, 0.2) is 0 Å². The van der Waals surface area contributed by atoms with E-state index in [0.717, 1.165) is 17.1 Å². The van der Waals surface area contributed by atoms with Crippen molar-refractivity contribution >= 4 is 29.2 Å². The molecule has 0 radical (unpaired) electrons. The minimum absolute atomic E-state index is 1.14. The van der Waals surface area contributed by atoms with Crippen molar-refractivity contribution in [2.24, 2.45) is 0 Å². The van der Waals surface area contributed by atoms with Crippen LogP contribution in [0.4, 0.5) is 17.1 Å². The summed E-state index contributed by atoms with van der Waals surface area (Å²) in [5.74, 6) is 0. The number of para-hydroxylation sites is 2. The first-order valence-corrected chi connectivity index (χ1v) is 13.1. The highest BCUT2D eigenvalue weighted by Gasteiger charge is 2.11. The Hall–Kier alpha value is -3.58. The summed E-state index contributed by atoms with van der Waals surface area (Å²) in [7, 11) is 0. The minimum Gasteiger partial charge on any atom is -0.311 e. The number of anilines is 3. The number of hydrogen-bond acceptors (Lipinski definition) is 1. The predicted octanol–water partition coefficient (Wildman–Crippen LogP) is 11.4. The van der Waals surface area contributed by atoms with Crippen LogP contribution in [0.5, 0.6) is 0 Å². The molecule has 0 N–H and O–H groups in total. The fourth-order valence-corrected chi connectivity index (χ4v) is 3.09. The molecular weight excluding hydrogens is 422 g/mol. The summed E-state index contributed by atoms with van der Waals surface area (Å²) >= 11 is 0. The lowest BCUT2D eigenvalue weighted by Crippen LogP contribution is -2.09. The van der Waals surface area contributed by atoms with Gasteiger partial charge in [0.05, 0.1) is 0 Å². The number of rotatable bonds is 5. The van der Waals surface area contributed by atoms with Crippen molar-refractivity contribution in [3.63, 3.8) is 0 Å². The van der Waals surface area contributed by atoms with Crippen LogP contribution in [0, 0.1) is 0 Å². The quantitative estimate of drug-likeness (QED) is 0.264. The van der Waals surface area contributed by atoms with Crippen LogP contribution in [0.1, 0.15) is 66.5 Å². The normalized spacial score (nSPS) is 9.03. The molecule has 35 heavy (non-hydrogen) atoms. The lowest BCUT2D eigenvalue weighted by Gasteiger charge is -2.25. The summed E-state index contributed by atoms with van der Waals surface area (Å²) in [6.07, 6.45) is 4.29.